The summed E-state index contributed by atoms with van der Waals surface area (Å²) in [7, 11) is 0. The summed E-state index contributed by atoms with van der Waals surface area (Å²) >= 11 is 0. The van der Waals surface area contributed by atoms with Crippen LogP contribution in [0.5, 0.6) is 0 Å². The zero-order chi connectivity index (χ0) is 23.3. The summed E-state index contributed by atoms with van der Waals surface area (Å²) in [4.78, 5) is 24.0. The lowest BCUT2D eigenvalue weighted by molar-refractivity contribution is 0.122. The van der Waals surface area contributed by atoms with Gasteiger partial charge in [-0.2, -0.15) is 5.10 Å². The van der Waals surface area contributed by atoms with Gasteiger partial charge in [0.2, 0.25) is 0 Å². The molecule has 3 aromatic rings. The monoisotopic (exact) mass is 466 g/mol. The number of hydrogen-bond donors (Lipinski definition) is 3. The average molecular weight is 467 g/mol. The Balaban J connectivity index is 1.49. The molecule has 2 aliphatic rings. The quantitative estimate of drug-likeness (QED) is 0.497. The predicted molar refractivity (Wildman–Crippen MR) is 129 cm³/mol. The number of hydrogen-bond acceptors (Lipinski definition) is 9. The van der Waals surface area contributed by atoms with Crippen molar-refractivity contribution in [3.8, 4) is 11.4 Å². The maximum absolute atomic E-state index is 11.8. The highest BCUT2D eigenvalue weighted by Crippen LogP contribution is 2.31. The lowest BCUT2D eigenvalue weighted by Gasteiger charge is -2.28. The van der Waals surface area contributed by atoms with Crippen LogP contribution in [-0.2, 0) is 9.47 Å². The number of rotatable bonds is 6. The highest BCUT2D eigenvalue weighted by molar-refractivity contribution is 5.89. The van der Waals surface area contributed by atoms with Crippen LogP contribution in [0.2, 0.25) is 0 Å². The fraction of sp³-hybridized carbons (Fsp3) is 0.478. The van der Waals surface area contributed by atoms with Crippen molar-refractivity contribution >= 4 is 28.6 Å². The molecule has 4 N–H and O–H groups in total. The number of carbonyl (C=O) groups is 1. The summed E-state index contributed by atoms with van der Waals surface area (Å²) in [6.07, 6.45) is 3.40. The standard InChI is InChI=1S/C23H30N8O3/c24-7-12-34-23(32)27-17-3-1-16(2-4-17)20-28-21(30-10-13-33-14-11-30)19-15-26-31(22(19)29-20)18-5-8-25-9-6-18/h1-4,15,18,25H,5-14,24H2,(H,27,32). The zero-order valence-electron chi connectivity index (χ0n) is 19.1. The van der Waals surface area contributed by atoms with Crippen molar-refractivity contribution in [1.82, 2.24) is 25.1 Å². The minimum Gasteiger partial charge on any atom is -0.448 e. The summed E-state index contributed by atoms with van der Waals surface area (Å²) in [5, 5.41) is 11.8. The van der Waals surface area contributed by atoms with Gasteiger partial charge < -0.3 is 25.4 Å². The van der Waals surface area contributed by atoms with E-state index in [4.69, 9.17) is 30.3 Å². The molecule has 2 aliphatic heterocycles. The topological polar surface area (TPSA) is 132 Å². The fourth-order valence-electron chi connectivity index (χ4n) is 4.38. The van der Waals surface area contributed by atoms with Crippen molar-refractivity contribution in [3.63, 3.8) is 0 Å². The van der Waals surface area contributed by atoms with Crippen LogP contribution < -0.4 is 21.3 Å². The first kappa shape index (κ1) is 22.5. The van der Waals surface area contributed by atoms with E-state index >= 15 is 0 Å². The van der Waals surface area contributed by atoms with Crippen LogP contribution in [0, 0.1) is 0 Å². The first-order chi connectivity index (χ1) is 16.7. The first-order valence-electron chi connectivity index (χ1n) is 11.8. The second-order valence-electron chi connectivity index (χ2n) is 8.40. The van der Waals surface area contributed by atoms with E-state index in [2.05, 4.69) is 20.2 Å². The van der Waals surface area contributed by atoms with E-state index < -0.39 is 6.09 Å². The van der Waals surface area contributed by atoms with Gasteiger partial charge in [0, 0.05) is 30.9 Å². The molecule has 0 radical (unpaired) electrons. The number of nitrogens with two attached hydrogens (primary N) is 1. The van der Waals surface area contributed by atoms with E-state index in [1.807, 2.05) is 30.5 Å². The number of aromatic nitrogens is 4. The van der Waals surface area contributed by atoms with Gasteiger partial charge in [-0.05, 0) is 50.2 Å². The molecular weight excluding hydrogens is 436 g/mol. The molecule has 1 amide bonds. The van der Waals surface area contributed by atoms with E-state index in [0.717, 1.165) is 61.4 Å². The van der Waals surface area contributed by atoms with Gasteiger partial charge in [0.15, 0.2) is 11.5 Å². The van der Waals surface area contributed by atoms with Crippen LogP contribution in [0.4, 0.5) is 16.3 Å². The van der Waals surface area contributed by atoms with Crippen molar-refractivity contribution < 1.29 is 14.3 Å². The van der Waals surface area contributed by atoms with Gasteiger partial charge in [0.05, 0.1) is 30.8 Å². The zero-order valence-corrected chi connectivity index (χ0v) is 19.1. The van der Waals surface area contributed by atoms with Gasteiger partial charge in [0.25, 0.3) is 0 Å². The van der Waals surface area contributed by atoms with Gasteiger partial charge >= 0.3 is 6.09 Å². The van der Waals surface area contributed by atoms with E-state index in [-0.39, 0.29) is 13.2 Å². The van der Waals surface area contributed by atoms with Crippen LogP contribution in [0.1, 0.15) is 18.9 Å². The number of benzene rings is 1. The molecule has 2 saturated heterocycles. The SMILES string of the molecule is NCCOC(=O)Nc1ccc(-c2nc(N3CCOCC3)c3cnn(C4CCNCC4)c3n2)cc1. The smallest absolute Gasteiger partial charge is 0.411 e. The Morgan fingerprint density at radius 1 is 1.18 bits per heavy atom. The van der Waals surface area contributed by atoms with Crippen LogP contribution in [0.25, 0.3) is 22.4 Å². The normalized spacial score (nSPS) is 17.1. The highest BCUT2D eigenvalue weighted by atomic mass is 16.5. The molecule has 1 aromatic carbocycles. The Morgan fingerprint density at radius 3 is 2.68 bits per heavy atom. The van der Waals surface area contributed by atoms with E-state index in [1.54, 1.807) is 0 Å². The molecule has 11 nitrogen and oxygen atoms in total. The summed E-state index contributed by atoms with van der Waals surface area (Å²) < 4.78 is 12.6. The Bertz CT molecular complexity index is 1120. The highest BCUT2D eigenvalue weighted by Gasteiger charge is 2.24. The fourth-order valence-corrected chi connectivity index (χ4v) is 4.38. The summed E-state index contributed by atoms with van der Waals surface area (Å²) in [5.74, 6) is 1.51. The maximum atomic E-state index is 11.8. The van der Waals surface area contributed by atoms with Crippen molar-refractivity contribution in [2.24, 2.45) is 5.73 Å². The molecule has 2 aromatic heterocycles. The molecule has 0 aliphatic carbocycles. The Morgan fingerprint density at radius 2 is 1.94 bits per heavy atom. The minimum atomic E-state index is -0.531. The van der Waals surface area contributed by atoms with E-state index in [1.165, 1.54) is 0 Å². The van der Waals surface area contributed by atoms with Gasteiger partial charge in [-0.3, -0.25) is 5.32 Å². The first-order valence-corrected chi connectivity index (χ1v) is 11.8. The molecule has 2 fully saturated rings. The number of morpholine rings is 1. The van der Waals surface area contributed by atoms with Crippen molar-refractivity contribution in [2.45, 2.75) is 18.9 Å². The molecule has 180 valence electrons. The number of fused-ring (bicyclic) bond motifs is 1. The average Bonchev–Trinajstić information content (AvgIpc) is 3.32. The lowest BCUT2D eigenvalue weighted by atomic mass is 10.1. The number of anilines is 2. The molecule has 0 atom stereocenters. The Hall–Kier alpha value is -3.28. The molecule has 0 saturated carbocycles. The third kappa shape index (κ3) is 4.81. The van der Waals surface area contributed by atoms with Crippen LogP contribution in [-0.4, -0.2) is 78.4 Å². The third-order valence-electron chi connectivity index (χ3n) is 6.14. The Labute approximate surface area is 197 Å². The summed E-state index contributed by atoms with van der Waals surface area (Å²) in [5.41, 5.74) is 7.71. The molecule has 11 heteroatoms. The lowest BCUT2D eigenvalue weighted by Crippen LogP contribution is -2.37. The molecular formula is C23H30N8O3. The van der Waals surface area contributed by atoms with Gasteiger partial charge in [0.1, 0.15) is 12.4 Å². The molecule has 0 bridgehead atoms. The number of nitrogens with one attached hydrogen (secondary N) is 2. The van der Waals surface area contributed by atoms with E-state index in [9.17, 15) is 4.79 Å². The molecule has 5 rings (SSSR count). The number of nitrogens with zero attached hydrogens (tertiary/aromatic N) is 5. The maximum Gasteiger partial charge on any atom is 0.411 e. The number of ether oxygens (including phenoxy) is 2. The number of piperidine rings is 1. The van der Waals surface area contributed by atoms with Crippen LogP contribution in [0.15, 0.2) is 30.5 Å². The molecule has 0 unspecified atom stereocenters. The second kappa shape index (κ2) is 10.3. The largest absolute Gasteiger partial charge is 0.448 e. The van der Waals surface area contributed by atoms with Crippen LogP contribution in [0.3, 0.4) is 0 Å². The van der Waals surface area contributed by atoms with Crippen molar-refractivity contribution in [2.75, 3.05) is 62.8 Å². The second-order valence-corrected chi connectivity index (χ2v) is 8.40. The predicted octanol–water partition coefficient (Wildman–Crippen LogP) is 1.76. The number of amides is 1. The molecule has 0 spiro atoms. The minimum absolute atomic E-state index is 0.173. The van der Waals surface area contributed by atoms with Gasteiger partial charge in [-0.1, -0.05) is 0 Å². The molecule has 34 heavy (non-hydrogen) atoms. The molecule has 4 heterocycles. The van der Waals surface area contributed by atoms with E-state index in [0.29, 0.717) is 30.8 Å². The van der Waals surface area contributed by atoms with Gasteiger partial charge in [-0.25, -0.2) is 19.4 Å². The number of carbonyl (C=O) groups excluding carboxylic acids is 1. The summed E-state index contributed by atoms with van der Waals surface area (Å²) in [6, 6.07) is 7.73. The van der Waals surface area contributed by atoms with Gasteiger partial charge in [-0.15, -0.1) is 0 Å². The third-order valence-corrected chi connectivity index (χ3v) is 6.14. The van der Waals surface area contributed by atoms with Crippen molar-refractivity contribution in [1.29, 1.82) is 0 Å². The van der Waals surface area contributed by atoms with Crippen LogP contribution >= 0.6 is 0 Å². The summed E-state index contributed by atoms with van der Waals surface area (Å²) in [6.45, 7) is 5.30. The Kier molecular flexibility index (Phi) is 6.84. The van der Waals surface area contributed by atoms with Crippen molar-refractivity contribution in [3.05, 3.63) is 30.5 Å².